The molecule has 19 heavy (non-hydrogen) atoms. The number of methoxy groups -OCH3 is 1. The van der Waals surface area contributed by atoms with Crippen LogP contribution in [0.5, 0.6) is 0 Å². The Kier molecular flexibility index (Phi) is 6.83. The summed E-state index contributed by atoms with van der Waals surface area (Å²) in [7, 11) is 1.72. The highest BCUT2D eigenvalue weighted by atomic mass is 79.9. The zero-order valence-electron chi connectivity index (χ0n) is 12.2. The average Bonchev–Trinajstić information content (AvgIpc) is 2.34. The van der Waals surface area contributed by atoms with E-state index in [0.717, 1.165) is 28.8 Å². The van der Waals surface area contributed by atoms with Gasteiger partial charge in [-0.25, -0.2) is 0 Å². The van der Waals surface area contributed by atoms with E-state index in [4.69, 9.17) is 4.74 Å². The van der Waals surface area contributed by atoms with Crippen LogP contribution in [-0.4, -0.2) is 31.9 Å². The molecular formula is C15H24BrNO2. The molecule has 0 amide bonds. The molecular weight excluding hydrogens is 306 g/mol. The number of halogens is 1. The van der Waals surface area contributed by atoms with Crippen LogP contribution in [0.2, 0.25) is 0 Å². The van der Waals surface area contributed by atoms with Crippen molar-refractivity contribution in [3.05, 3.63) is 28.2 Å². The minimum absolute atomic E-state index is 0.442. The molecule has 0 aliphatic rings. The first-order valence-corrected chi connectivity index (χ1v) is 7.46. The topological polar surface area (TPSA) is 32.7 Å². The highest BCUT2D eigenvalue weighted by molar-refractivity contribution is 9.10. The summed E-state index contributed by atoms with van der Waals surface area (Å²) in [4.78, 5) is 2.31. The van der Waals surface area contributed by atoms with Crippen molar-refractivity contribution >= 4 is 21.6 Å². The fraction of sp³-hybridized carbons (Fsp3) is 0.600. The molecule has 0 saturated carbocycles. The number of rotatable bonds is 7. The Labute approximate surface area is 124 Å². The number of hydrogen-bond donors (Lipinski definition) is 1. The van der Waals surface area contributed by atoms with E-state index in [0.29, 0.717) is 12.5 Å². The molecule has 1 aromatic carbocycles. The van der Waals surface area contributed by atoms with Crippen LogP contribution in [-0.2, 0) is 4.74 Å². The molecule has 1 rings (SSSR count). The van der Waals surface area contributed by atoms with Gasteiger partial charge in [-0.2, -0.15) is 0 Å². The average molecular weight is 330 g/mol. The molecule has 0 spiro atoms. The zero-order chi connectivity index (χ0) is 14.4. The Hall–Kier alpha value is -0.580. The van der Waals surface area contributed by atoms with Crippen molar-refractivity contribution in [3.63, 3.8) is 0 Å². The molecule has 0 radical (unpaired) electrons. The summed E-state index contributed by atoms with van der Waals surface area (Å²) in [5.74, 6) is 0.584. The second-order valence-corrected chi connectivity index (χ2v) is 6.07. The van der Waals surface area contributed by atoms with Crippen LogP contribution < -0.4 is 4.90 Å². The van der Waals surface area contributed by atoms with Gasteiger partial charge in [0.1, 0.15) is 0 Å². The van der Waals surface area contributed by atoms with Gasteiger partial charge in [-0.3, -0.25) is 0 Å². The van der Waals surface area contributed by atoms with Gasteiger partial charge in [0.05, 0.1) is 18.4 Å². The van der Waals surface area contributed by atoms with Gasteiger partial charge in [-0.05, 0) is 46.5 Å². The molecule has 0 unspecified atom stereocenters. The van der Waals surface area contributed by atoms with E-state index in [2.05, 4.69) is 40.7 Å². The fourth-order valence-corrected chi connectivity index (χ4v) is 2.64. The molecule has 1 atom stereocenters. The zero-order valence-corrected chi connectivity index (χ0v) is 13.8. The van der Waals surface area contributed by atoms with Crippen molar-refractivity contribution in [2.24, 2.45) is 5.92 Å². The molecule has 0 bridgehead atoms. The van der Waals surface area contributed by atoms with Gasteiger partial charge in [0, 0.05) is 24.7 Å². The Bertz CT molecular complexity index is 394. The molecule has 0 fully saturated rings. The Morgan fingerprint density at radius 1 is 1.32 bits per heavy atom. The number of benzene rings is 1. The number of ether oxygens (including phenoxy) is 1. The Balaban J connectivity index is 2.94. The van der Waals surface area contributed by atoms with E-state index < -0.39 is 6.10 Å². The standard InChI is InChI=1S/C15H24BrNO2/c1-11(2)10-17(7-8-19-4)15-6-5-13(12(3)18)9-14(15)16/h5-6,9,11-12,18H,7-8,10H2,1-4H3/t12-/m0/s1. The van der Waals surface area contributed by atoms with Gasteiger partial charge >= 0.3 is 0 Å². The molecule has 0 heterocycles. The maximum atomic E-state index is 9.61. The predicted molar refractivity (Wildman–Crippen MR) is 83.7 cm³/mol. The minimum atomic E-state index is -0.442. The van der Waals surface area contributed by atoms with Crippen LogP contribution >= 0.6 is 15.9 Å². The van der Waals surface area contributed by atoms with Crippen molar-refractivity contribution in [2.45, 2.75) is 26.9 Å². The van der Waals surface area contributed by atoms with Gasteiger partial charge < -0.3 is 14.7 Å². The Morgan fingerprint density at radius 2 is 2.00 bits per heavy atom. The van der Waals surface area contributed by atoms with Crippen molar-refractivity contribution in [1.82, 2.24) is 0 Å². The van der Waals surface area contributed by atoms with E-state index in [1.54, 1.807) is 14.0 Å². The van der Waals surface area contributed by atoms with Crippen LogP contribution in [0.4, 0.5) is 5.69 Å². The first-order valence-electron chi connectivity index (χ1n) is 6.67. The lowest BCUT2D eigenvalue weighted by molar-refractivity contribution is 0.199. The van der Waals surface area contributed by atoms with Crippen LogP contribution in [0.1, 0.15) is 32.4 Å². The van der Waals surface area contributed by atoms with Crippen LogP contribution in [0.3, 0.4) is 0 Å². The van der Waals surface area contributed by atoms with E-state index in [-0.39, 0.29) is 0 Å². The van der Waals surface area contributed by atoms with E-state index >= 15 is 0 Å². The van der Waals surface area contributed by atoms with Crippen molar-refractivity contribution in [2.75, 3.05) is 31.7 Å². The quantitative estimate of drug-likeness (QED) is 0.829. The summed E-state index contributed by atoms with van der Waals surface area (Å²) in [6.45, 7) is 8.74. The second-order valence-electron chi connectivity index (χ2n) is 5.22. The summed E-state index contributed by atoms with van der Waals surface area (Å²) in [5.41, 5.74) is 2.07. The van der Waals surface area contributed by atoms with Gasteiger partial charge in [0.15, 0.2) is 0 Å². The third-order valence-electron chi connectivity index (χ3n) is 2.95. The normalized spacial score (nSPS) is 12.8. The lowest BCUT2D eigenvalue weighted by Crippen LogP contribution is -2.31. The van der Waals surface area contributed by atoms with Gasteiger partial charge in [-0.1, -0.05) is 19.9 Å². The summed E-state index contributed by atoms with van der Waals surface area (Å²) >= 11 is 3.60. The minimum Gasteiger partial charge on any atom is -0.389 e. The summed E-state index contributed by atoms with van der Waals surface area (Å²) in [6, 6.07) is 6.02. The largest absolute Gasteiger partial charge is 0.389 e. The molecule has 0 aliphatic heterocycles. The number of anilines is 1. The van der Waals surface area contributed by atoms with Crippen LogP contribution in [0.25, 0.3) is 0 Å². The molecule has 1 aromatic rings. The second kappa shape index (κ2) is 7.88. The summed E-state index contributed by atoms with van der Waals surface area (Å²) in [5, 5.41) is 9.61. The molecule has 0 aliphatic carbocycles. The number of aliphatic hydroxyl groups is 1. The smallest absolute Gasteiger partial charge is 0.0762 e. The van der Waals surface area contributed by atoms with Crippen LogP contribution in [0.15, 0.2) is 22.7 Å². The molecule has 1 N–H and O–H groups in total. The summed E-state index contributed by atoms with van der Waals surface area (Å²) in [6.07, 6.45) is -0.442. The van der Waals surface area contributed by atoms with E-state index in [9.17, 15) is 5.11 Å². The molecule has 0 aromatic heterocycles. The van der Waals surface area contributed by atoms with Crippen molar-refractivity contribution in [3.8, 4) is 0 Å². The number of hydrogen-bond acceptors (Lipinski definition) is 3. The maximum Gasteiger partial charge on any atom is 0.0762 e. The first-order chi connectivity index (χ1) is 8.95. The third-order valence-corrected chi connectivity index (χ3v) is 3.58. The van der Waals surface area contributed by atoms with E-state index in [1.807, 2.05) is 12.1 Å². The third kappa shape index (κ3) is 5.13. The monoisotopic (exact) mass is 329 g/mol. The molecule has 0 saturated heterocycles. The highest BCUT2D eigenvalue weighted by Gasteiger charge is 2.13. The SMILES string of the molecule is COCCN(CC(C)C)c1ccc([C@H](C)O)cc1Br. The van der Waals surface area contributed by atoms with Crippen LogP contribution in [0, 0.1) is 5.92 Å². The first kappa shape index (κ1) is 16.5. The van der Waals surface area contributed by atoms with Gasteiger partial charge in [0.25, 0.3) is 0 Å². The summed E-state index contributed by atoms with van der Waals surface area (Å²) < 4.78 is 6.20. The fourth-order valence-electron chi connectivity index (χ4n) is 1.99. The Morgan fingerprint density at radius 3 is 2.47 bits per heavy atom. The number of aliphatic hydroxyl groups excluding tert-OH is 1. The van der Waals surface area contributed by atoms with Crippen molar-refractivity contribution < 1.29 is 9.84 Å². The maximum absolute atomic E-state index is 9.61. The molecule has 4 heteroatoms. The predicted octanol–water partition coefficient (Wildman–Crippen LogP) is 3.61. The number of nitrogens with zero attached hydrogens (tertiary/aromatic N) is 1. The highest BCUT2D eigenvalue weighted by Crippen LogP contribution is 2.29. The van der Waals surface area contributed by atoms with Crippen molar-refractivity contribution in [1.29, 1.82) is 0 Å². The molecule has 108 valence electrons. The van der Waals surface area contributed by atoms with E-state index in [1.165, 1.54) is 0 Å². The van der Waals surface area contributed by atoms with Gasteiger partial charge in [-0.15, -0.1) is 0 Å². The lowest BCUT2D eigenvalue weighted by Gasteiger charge is -2.28. The van der Waals surface area contributed by atoms with Gasteiger partial charge in [0.2, 0.25) is 0 Å². The molecule has 3 nitrogen and oxygen atoms in total. The lowest BCUT2D eigenvalue weighted by atomic mass is 10.1.